The Balaban J connectivity index is 1.30. The van der Waals surface area contributed by atoms with Crippen molar-refractivity contribution in [1.29, 1.82) is 0 Å². The third kappa shape index (κ3) is 6.19. The summed E-state index contributed by atoms with van der Waals surface area (Å²) in [6.07, 6.45) is -1.12. The van der Waals surface area contributed by atoms with Gasteiger partial charge in [-0.3, -0.25) is 0 Å². The number of rotatable bonds is 6. The van der Waals surface area contributed by atoms with Crippen LogP contribution >= 0.6 is 0 Å². The van der Waals surface area contributed by atoms with Gasteiger partial charge in [0.15, 0.2) is 0 Å². The van der Waals surface area contributed by atoms with Crippen molar-refractivity contribution in [2.45, 2.75) is 48.8 Å². The summed E-state index contributed by atoms with van der Waals surface area (Å²) in [4.78, 5) is 17.2. The molecule has 0 bridgehead atoms. The van der Waals surface area contributed by atoms with Gasteiger partial charge in [-0.1, -0.05) is 0 Å². The van der Waals surface area contributed by atoms with Gasteiger partial charge in [0.25, 0.3) is 0 Å². The van der Waals surface area contributed by atoms with Crippen molar-refractivity contribution in [2.75, 3.05) is 36.4 Å². The highest BCUT2D eigenvalue weighted by Gasteiger charge is 2.32. The Hall–Kier alpha value is -3.06. The number of hydrogen-bond acceptors (Lipinski definition) is 6. The van der Waals surface area contributed by atoms with Crippen molar-refractivity contribution in [3.05, 3.63) is 48.2 Å². The Labute approximate surface area is 207 Å². The molecule has 2 amide bonds. The zero-order chi connectivity index (χ0) is 25.9. The molecule has 9 nitrogen and oxygen atoms in total. The molecule has 2 aliphatic heterocycles. The SMILES string of the molecule is NC(=O)NC1CCN(c2ccc(S(=O)(=O)N3CCC(Nc4ccc(C(F)(F)F)cn4)CC3)cc2)CC1. The van der Waals surface area contributed by atoms with Gasteiger partial charge in [0, 0.05) is 50.1 Å². The lowest BCUT2D eigenvalue weighted by Gasteiger charge is -2.34. The number of carbonyl (C=O) groups is 1. The first-order chi connectivity index (χ1) is 17.0. The standard InChI is InChI=1S/C23H29F3N6O3S/c24-23(25,26)16-1-6-21(28-15-16)29-17-9-13-32(14-10-17)36(34,35)20-4-2-19(3-5-20)31-11-7-18(8-12-31)30-22(27)33/h1-6,15,17-18H,7-14H2,(H,28,29)(H3,27,30,33). The van der Waals surface area contributed by atoms with Gasteiger partial charge >= 0.3 is 12.2 Å². The van der Waals surface area contributed by atoms with E-state index in [0.717, 1.165) is 43.9 Å². The summed E-state index contributed by atoms with van der Waals surface area (Å²) in [5.41, 5.74) is 5.28. The van der Waals surface area contributed by atoms with E-state index in [1.165, 1.54) is 10.4 Å². The van der Waals surface area contributed by atoms with Crippen molar-refractivity contribution in [3.63, 3.8) is 0 Å². The summed E-state index contributed by atoms with van der Waals surface area (Å²) >= 11 is 0. The number of carbonyl (C=O) groups excluding carboxylic acids is 1. The van der Waals surface area contributed by atoms with E-state index in [2.05, 4.69) is 20.5 Å². The van der Waals surface area contributed by atoms with Crippen molar-refractivity contribution >= 4 is 27.6 Å². The molecule has 1 aromatic carbocycles. The quantitative estimate of drug-likeness (QED) is 0.532. The lowest BCUT2D eigenvalue weighted by Crippen LogP contribution is -2.46. The number of alkyl halides is 3. The molecule has 3 heterocycles. The average molecular weight is 527 g/mol. The Bertz CT molecular complexity index is 1140. The highest BCUT2D eigenvalue weighted by molar-refractivity contribution is 7.89. The Morgan fingerprint density at radius 3 is 2.08 bits per heavy atom. The number of nitrogens with one attached hydrogen (secondary N) is 2. The fourth-order valence-electron chi connectivity index (χ4n) is 4.56. The lowest BCUT2D eigenvalue weighted by molar-refractivity contribution is -0.137. The van der Waals surface area contributed by atoms with Crippen LogP contribution in [0.25, 0.3) is 0 Å². The van der Waals surface area contributed by atoms with E-state index in [4.69, 9.17) is 5.73 Å². The minimum Gasteiger partial charge on any atom is -0.371 e. The maximum absolute atomic E-state index is 13.1. The van der Waals surface area contributed by atoms with E-state index in [1.54, 1.807) is 24.3 Å². The molecule has 13 heteroatoms. The second kappa shape index (κ2) is 10.5. The number of nitrogens with zero attached hydrogens (tertiary/aromatic N) is 3. The van der Waals surface area contributed by atoms with Crippen LogP contribution in [-0.2, 0) is 16.2 Å². The predicted molar refractivity (Wildman–Crippen MR) is 129 cm³/mol. The summed E-state index contributed by atoms with van der Waals surface area (Å²) in [6.45, 7) is 2.04. The number of primary amides is 1. The van der Waals surface area contributed by atoms with E-state index in [9.17, 15) is 26.4 Å². The molecule has 0 spiro atoms. The Kier molecular flexibility index (Phi) is 7.59. The van der Waals surface area contributed by atoms with Crippen LogP contribution in [0.3, 0.4) is 0 Å². The first-order valence-electron chi connectivity index (χ1n) is 11.7. The molecular weight excluding hydrogens is 497 g/mol. The van der Waals surface area contributed by atoms with Crippen molar-refractivity contribution < 1.29 is 26.4 Å². The van der Waals surface area contributed by atoms with Crippen LogP contribution in [0, 0.1) is 0 Å². The van der Waals surface area contributed by atoms with Gasteiger partial charge < -0.3 is 21.3 Å². The number of amides is 2. The topological polar surface area (TPSA) is 121 Å². The molecule has 0 aliphatic carbocycles. The van der Waals surface area contributed by atoms with Gasteiger partial charge in [-0.2, -0.15) is 17.5 Å². The van der Waals surface area contributed by atoms with E-state index in [-0.39, 0.29) is 17.0 Å². The summed E-state index contributed by atoms with van der Waals surface area (Å²) in [5, 5.41) is 5.81. The Morgan fingerprint density at radius 2 is 1.56 bits per heavy atom. The highest BCUT2D eigenvalue weighted by Crippen LogP contribution is 2.30. The number of hydrogen-bond donors (Lipinski definition) is 3. The minimum absolute atomic E-state index is 0.0471. The zero-order valence-corrected chi connectivity index (χ0v) is 20.4. The Morgan fingerprint density at radius 1 is 0.944 bits per heavy atom. The molecule has 2 aliphatic rings. The van der Waals surface area contributed by atoms with E-state index in [0.29, 0.717) is 31.7 Å². The molecular formula is C23H29F3N6O3S. The number of aromatic nitrogens is 1. The number of benzene rings is 1. The van der Waals surface area contributed by atoms with E-state index in [1.807, 2.05) is 0 Å². The van der Waals surface area contributed by atoms with Crippen molar-refractivity contribution in [2.24, 2.45) is 5.73 Å². The molecule has 196 valence electrons. The molecule has 1 aromatic heterocycles. The number of urea groups is 1. The number of nitrogens with two attached hydrogens (primary N) is 1. The van der Waals surface area contributed by atoms with Crippen LogP contribution in [-0.4, -0.2) is 62.0 Å². The molecule has 2 aromatic rings. The molecule has 0 radical (unpaired) electrons. The highest BCUT2D eigenvalue weighted by atomic mass is 32.2. The average Bonchev–Trinajstić information content (AvgIpc) is 2.84. The van der Waals surface area contributed by atoms with Gasteiger partial charge in [-0.25, -0.2) is 18.2 Å². The molecule has 36 heavy (non-hydrogen) atoms. The smallest absolute Gasteiger partial charge is 0.371 e. The monoisotopic (exact) mass is 526 g/mol. The fraction of sp³-hybridized carbons (Fsp3) is 0.478. The second-order valence-corrected chi connectivity index (χ2v) is 11.0. The summed E-state index contributed by atoms with van der Waals surface area (Å²) in [6, 6.07) is 8.48. The number of piperidine rings is 2. The van der Waals surface area contributed by atoms with Crippen LogP contribution in [0.2, 0.25) is 0 Å². The first kappa shape index (κ1) is 26.0. The molecule has 2 fully saturated rings. The van der Waals surface area contributed by atoms with Crippen LogP contribution in [0.5, 0.6) is 0 Å². The molecule has 2 saturated heterocycles. The lowest BCUT2D eigenvalue weighted by atomic mass is 10.0. The zero-order valence-electron chi connectivity index (χ0n) is 19.5. The molecule has 0 unspecified atom stereocenters. The van der Waals surface area contributed by atoms with Crippen LogP contribution in [0.1, 0.15) is 31.2 Å². The van der Waals surface area contributed by atoms with Crippen LogP contribution in [0.4, 0.5) is 29.5 Å². The third-order valence-electron chi connectivity index (χ3n) is 6.58. The molecule has 0 atom stereocenters. The van der Waals surface area contributed by atoms with Gasteiger partial charge in [0.05, 0.1) is 10.5 Å². The summed E-state index contributed by atoms with van der Waals surface area (Å²) in [5.74, 6) is 0.328. The molecule has 0 saturated carbocycles. The van der Waals surface area contributed by atoms with Crippen LogP contribution < -0.4 is 21.3 Å². The van der Waals surface area contributed by atoms with E-state index >= 15 is 0 Å². The number of halogens is 3. The normalized spacial score (nSPS) is 18.7. The van der Waals surface area contributed by atoms with Crippen LogP contribution in [0.15, 0.2) is 47.5 Å². The van der Waals surface area contributed by atoms with Gasteiger partial charge in [0.1, 0.15) is 5.82 Å². The third-order valence-corrected chi connectivity index (χ3v) is 8.49. The van der Waals surface area contributed by atoms with Gasteiger partial charge in [-0.05, 0) is 62.1 Å². The van der Waals surface area contributed by atoms with E-state index < -0.39 is 27.8 Å². The maximum atomic E-state index is 13.1. The van der Waals surface area contributed by atoms with Gasteiger partial charge in [0.2, 0.25) is 10.0 Å². The fourth-order valence-corrected chi connectivity index (χ4v) is 6.03. The predicted octanol–water partition coefficient (Wildman–Crippen LogP) is 3.00. The number of pyridine rings is 1. The minimum atomic E-state index is -4.44. The largest absolute Gasteiger partial charge is 0.417 e. The number of anilines is 2. The maximum Gasteiger partial charge on any atom is 0.417 e. The second-order valence-electron chi connectivity index (χ2n) is 9.02. The van der Waals surface area contributed by atoms with Crippen molar-refractivity contribution in [1.82, 2.24) is 14.6 Å². The first-order valence-corrected chi connectivity index (χ1v) is 13.2. The summed E-state index contributed by atoms with van der Waals surface area (Å²) in [7, 11) is -3.67. The molecule has 4 rings (SSSR count). The molecule has 4 N–H and O–H groups in total. The van der Waals surface area contributed by atoms with Gasteiger partial charge in [-0.15, -0.1) is 0 Å². The summed E-state index contributed by atoms with van der Waals surface area (Å²) < 4.78 is 65.8. The number of sulfonamides is 1. The van der Waals surface area contributed by atoms with Crippen molar-refractivity contribution in [3.8, 4) is 0 Å².